The fourth-order valence-corrected chi connectivity index (χ4v) is 2.95. The number of hydrogen-bond donors (Lipinski definition) is 2. The Kier molecular flexibility index (Phi) is 4.89. The zero-order valence-electron chi connectivity index (χ0n) is 10.1. The fourth-order valence-electron chi connectivity index (χ4n) is 2.62. The second-order valence-electron chi connectivity index (χ2n) is 4.76. The Bertz CT molecular complexity index is 330. The van der Waals surface area contributed by atoms with E-state index in [1.54, 1.807) is 0 Å². The molecule has 3 heteroatoms. The van der Waals surface area contributed by atoms with Crippen LogP contribution in [0.2, 0.25) is 0 Å². The van der Waals surface area contributed by atoms with Crippen LogP contribution in [0.3, 0.4) is 0 Å². The fraction of sp³-hybridized carbons (Fsp3) is 0.571. The molecule has 0 aliphatic carbocycles. The number of likely N-dealkylation sites (tertiary alicyclic amines) is 1. The molecule has 1 aromatic carbocycles. The second kappa shape index (κ2) is 6.43. The van der Waals surface area contributed by atoms with Crippen molar-refractivity contribution in [2.45, 2.75) is 24.8 Å². The van der Waals surface area contributed by atoms with Crippen molar-refractivity contribution < 1.29 is 5.11 Å². The molecule has 1 N–H and O–H groups in total. The summed E-state index contributed by atoms with van der Waals surface area (Å²) < 4.78 is 0. The van der Waals surface area contributed by atoms with Crippen LogP contribution in [0.1, 0.15) is 24.3 Å². The highest BCUT2D eigenvalue weighted by atomic mass is 32.1. The van der Waals surface area contributed by atoms with Gasteiger partial charge in [0.25, 0.3) is 0 Å². The molecule has 1 aliphatic heterocycles. The van der Waals surface area contributed by atoms with Gasteiger partial charge in [0.2, 0.25) is 0 Å². The van der Waals surface area contributed by atoms with E-state index in [1.807, 2.05) is 6.07 Å². The Morgan fingerprint density at radius 3 is 2.76 bits per heavy atom. The molecule has 0 radical (unpaired) electrons. The van der Waals surface area contributed by atoms with Crippen molar-refractivity contribution in [1.29, 1.82) is 0 Å². The number of hydrogen-bond acceptors (Lipinski definition) is 3. The molecule has 1 aliphatic rings. The van der Waals surface area contributed by atoms with Gasteiger partial charge in [-0.15, -0.1) is 0 Å². The first kappa shape index (κ1) is 12.9. The first-order chi connectivity index (χ1) is 8.35. The molecule has 1 aromatic rings. The molecule has 0 spiro atoms. The molecule has 1 saturated heterocycles. The lowest BCUT2D eigenvalue weighted by Crippen LogP contribution is -2.36. The zero-order chi connectivity index (χ0) is 12.1. The number of benzene rings is 1. The van der Waals surface area contributed by atoms with Crippen molar-refractivity contribution in [3.63, 3.8) is 0 Å². The second-order valence-corrected chi connectivity index (χ2v) is 5.13. The molecule has 2 atom stereocenters. The van der Waals surface area contributed by atoms with Crippen molar-refractivity contribution in [2.24, 2.45) is 0 Å². The van der Waals surface area contributed by atoms with Crippen molar-refractivity contribution in [2.75, 3.05) is 25.4 Å². The normalized spacial score (nSPS) is 22.8. The zero-order valence-corrected chi connectivity index (χ0v) is 11.0. The highest BCUT2D eigenvalue weighted by Crippen LogP contribution is 2.24. The number of nitrogens with zero attached hydrogens (tertiary/aromatic N) is 1. The van der Waals surface area contributed by atoms with Gasteiger partial charge in [-0.2, -0.15) is 12.6 Å². The van der Waals surface area contributed by atoms with E-state index < -0.39 is 0 Å². The Balaban J connectivity index is 2.00. The van der Waals surface area contributed by atoms with Crippen LogP contribution in [0.5, 0.6) is 0 Å². The smallest absolute Gasteiger partial charge is 0.0586 e. The minimum Gasteiger partial charge on any atom is -0.395 e. The molecule has 2 rings (SSSR count). The van der Waals surface area contributed by atoms with Crippen molar-refractivity contribution in [1.82, 2.24) is 4.90 Å². The molecular formula is C14H21NOS. The van der Waals surface area contributed by atoms with E-state index in [1.165, 1.54) is 12.0 Å². The van der Waals surface area contributed by atoms with Crippen LogP contribution in [0.4, 0.5) is 0 Å². The van der Waals surface area contributed by atoms with E-state index in [0.29, 0.717) is 12.0 Å². The standard InChI is InChI=1S/C14H21NOS/c16-10-14-7-4-8-15(14)9-13(11-17)12-5-2-1-3-6-12/h1-3,5-6,13-14,16-17H,4,7-11H2. The molecule has 94 valence electrons. The van der Waals surface area contributed by atoms with Gasteiger partial charge in [0.05, 0.1) is 6.61 Å². The average molecular weight is 251 g/mol. The number of rotatable bonds is 5. The Hall–Kier alpha value is -0.510. The topological polar surface area (TPSA) is 23.5 Å². The Labute approximate surface area is 109 Å². The summed E-state index contributed by atoms with van der Waals surface area (Å²) in [5.41, 5.74) is 1.35. The monoisotopic (exact) mass is 251 g/mol. The molecular weight excluding hydrogens is 230 g/mol. The summed E-state index contributed by atoms with van der Waals surface area (Å²) in [6.07, 6.45) is 2.34. The summed E-state index contributed by atoms with van der Waals surface area (Å²) in [5.74, 6) is 1.32. The lowest BCUT2D eigenvalue weighted by molar-refractivity contribution is 0.154. The van der Waals surface area contributed by atoms with Crippen LogP contribution in [0.15, 0.2) is 30.3 Å². The molecule has 0 amide bonds. The van der Waals surface area contributed by atoms with Gasteiger partial charge in [0.1, 0.15) is 0 Å². The summed E-state index contributed by atoms with van der Waals surface area (Å²) >= 11 is 4.47. The molecule has 17 heavy (non-hydrogen) atoms. The third-order valence-electron chi connectivity index (χ3n) is 3.66. The summed E-state index contributed by atoms with van der Waals surface area (Å²) in [4.78, 5) is 2.41. The maximum absolute atomic E-state index is 9.33. The van der Waals surface area contributed by atoms with Gasteiger partial charge >= 0.3 is 0 Å². The quantitative estimate of drug-likeness (QED) is 0.783. The molecule has 2 unspecified atom stereocenters. The molecule has 2 nitrogen and oxygen atoms in total. The van der Waals surface area contributed by atoms with Crippen molar-refractivity contribution in [3.8, 4) is 0 Å². The molecule has 1 heterocycles. The van der Waals surface area contributed by atoms with Crippen LogP contribution < -0.4 is 0 Å². The van der Waals surface area contributed by atoms with Gasteiger partial charge in [0.15, 0.2) is 0 Å². The number of aliphatic hydroxyl groups excluding tert-OH is 1. The van der Waals surface area contributed by atoms with Crippen molar-refractivity contribution in [3.05, 3.63) is 35.9 Å². The summed E-state index contributed by atoms with van der Waals surface area (Å²) in [6, 6.07) is 10.9. The lowest BCUT2D eigenvalue weighted by Gasteiger charge is -2.27. The summed E-state index contributed by atoms with van der Waals surface area (Å²) in [6.45, 7) is 2.41. The first-order valence-corrected chi connectivity index (χ1v) is 6.99. The lowest BCUT2D eigenvalue weighted by atomic mass is 10.0. The number of thiol groups is 1. The minimum atomic E-state index is 0.286. The third-order valence-corrected chi connectivity index (χ3v) is 4.10. The average Bonchev–Trinajstić information content (AvgIpc) is 2.84. The SMILES string of the molecule is OCC1CCCN1CC(CS)c1ccccc1. The molecule has 1 fully saturated rings. The maximum Gasteiger partial charge on any atom is 0.0586 e. The first-order valence-electron chi connectivity index (χ1n) is 6.36. The van der Waals surface area contributed by atoms with Gasteiger partial charge in [0, 0.05) is 18.5 Å². The predicted octanol–water partition coefficient (Wildman–Crippen LogP) is 2.16. The Morgan fingerprint density at radius 1 is 1.35 bits per heavy atom. The van der Waals surface area contributed by atoms with Gasteiger partial charge in [-0.25, -0.2) is 0 Å². The van der Waals surface area contributed by atoms with E-state index in [0.717, 1.165) is 25.3 Å². The summed E-state index contributed by atoms with van der Waals surface area (Å²) in [7, 11) is 0. The van der Waals surface area contributed by atoms with Gasteiger partial charge < -0.3 is 5.11 Å². The maximum atomic E-state index is 9.33. The van der Waals surface area contributed by atoms with E-state index >= 15 is 0 Å². The largest absolute Gasteiger partial charge is 0.395 e. The summed E-state index contributed by atoms with van der Waals surface area (Å²) in [5, 5.41) is 9.33. The third kappa shape index (κ3) is 3.24. The van der Waals surface area contributed by atoms with E-state index in [9.17, 15) is 5.11 Å². The predicted molar refractivity (Wildman–Crippen MR) is 74.7 cm³/mol. The highest BCUT2D eigenvalue weighted by Gasteiger charge is 2.26. The number of aliphatic hydroxyl groups is 1. The molecule has 0 bridgehead atoms. The van der Waals surface area contributed by atoms with E-state index in [2.05, 4.69) is 41.8 Å². The van der Waals surface area contributed by atoms with Gasteiger partial charge in [-0.05, 0) is 30.7 Å². The van der Waals surface area contributed by atoms with Crippen LogP contribution >= 0.6 is 12.6 Å². The Morgan fingerprint density at radius 2 is 2.12 bits per heavy atom. The van der Waals surface area contributed by atoms with Crippen LogP contribution in [0, 0.1) is 0 Å². The van der Waals surface area contributed by atoms with Gasteiger partial charge in [-0.3, -0.25) is 4.90 Å². The highest BCUT2D eigenvalue weighted by molar-refractivity contribution is 7.80. The van der Waals surface area contributed by atoms with Gasteiger partial charge in [-0.1, -0.05) is 30.3 Å². The van der Waals surface area contributed by atoms with Crippen LogP contribution in [-0.4, -0.2) is 41.5 Å². The minimum absolute atomic E-state index is 0.286. The molecule has 0 aromatic heterocycles. The van der Waals surface area contributed by atoms with E-state index in [-0.39, 0.29) is 6.61 Å². The van der Waals surface area contributed by atoms with Crippen LogP contribution in [-0.2, 0) is 0 Å². The van der Waals surface area contributed by atoms with E-state index in [4.69, 9.17) is 0 Å². The van der Waals surface area contributed by atoms with Crippen molar-refractivity contribution >= 4 is 12.6 Å². The van der Waals surface area contributed by atoms with Crippen LogP contribution in [0.25, 0.3) is 0 Å². The molecule has 0 saturated carbocycles.